The van der Waals surface area contributed by atoms with Gasteiger partial charge in [0.2, 0.25) is 11.8 Å². The average molecular weight is 317 g/mol. The van der Waals surface area contributed by atoms with Crippen LogP contribution in [0.5, 0.6) is 5.75 Å². The molecule has 23 heavy (non-hydrogen) atoms. The van der Waals surface area contributed by atoms with Gasteiger partial charge in [-0.3, -0.25) is 4.90 Å². The second-order valence-corrected chi connectivity index (χ2v) is 5.75. The SMILES string of the molecule is CC[C@@H]1CN([C@H](C)c2nnc(-c3ccc(OC)cc3)o2)CCO1. The molecule has 1 aliphatic heterocycles. The number of hydrogen-bond donors (Lipinski definition) is 0. The van der Waals surface area contributed by atoms with Gasteiger partial charge in [0.25, 0.3) is 0 Å². The van der Waals surface area contributed by atoms with Crippen molar-refractivity contribution in [2.24, 2.45) is 0 Å². The van der Waals surface area contributed by atoms with E-state index < -0.39 is 0 Å². The molecule has 0 spiro atoms. The lowest BCUT2D eigenvalue weighted by Crippen LogP contribution is -2.43. The molecule has 3 rings (SSSR count). The minimum atomic E-state index is 0.0902. The van der Waals surface area contributed by atoms with Crippen molar-refractivity contribution in [3.8, 4) is 17.2 Å². The summed E-state index contributed by atoms with van der Waals surface area (Å²) in [6, 6.07) is 7.70. The van der Waals surface area contributed by atoms with Crippen LogP contribution in [0.15, 0.2) is 28.7 Å². The van der Waals surface area contributed by atoms with Crippen molar-refractivity contribution in [3.05, 3.63) is 30.2 Å². The van der Waals surface area contributed by atoms with Gasteiger partial charge in [0.1, 0.15) is 5.75 Å². The van der Waals surface area contributed by atoms with Crippen LogP contribution in [0.25, 0.3) is 11.5 Å². The van der Waals surface area contributed by atoms with E-state index in [-0.39, 0.29) is 12.1 Å². The van der Waals surface area contributed by atoms with Gasteiger partial charge in [0, 0.05) is 18.7 Å². The monoisotopic (exact) mass is 317 g/mol. The zero-order valence-corrected chi connectivity index (χ0v) is 13.9. The van der Waals surface area contributed by atoms with Crippen LogP contribution in [-0.4, -0.2) is 48.0 Å². The van der Waals surface area contributed by atoms with E-state index in [1.54, 1.807) is 7.11 Å². The van der Waals surface area contributed by atoms with E-state index in [2.05, 4.69) is 28.9 Å². The Morgan fingerprint density at radius 2 is 2.09 bits per heavy atom. The summed E-state index contributed by atoms with van der Waals surface area (Å²) >= 11 is 0. The van der Waals surface area contributed by atoms with Crippen molar-refractivity contribution in [1.29, 1.82) is 0 Å². The molecule has 6 nitrogen and oxygen atoms in total. The summed E-state index contributed by atoms with van der Waals surface area (Å²) < 4.78 is 16.8. The number of aromatic nitrogens is 2. The van der Waals surface area contributed by atoms with Crippen LogP contribution in [0.2, 0.25) is 0 Å². The van der Waals surface area contributed by atoms with Gasteiger partial charge in [-0.25, -0.2) is 0 Å². The van der Waals surface area contributed by atoms with Crippen LogP contribution < -0.4 is 4.74 Å². The Labute approximate surface area is 136 Å². The lowest BCUT2D eigenvalue weighted by atomic mass is 10.2. The zero-order valence-electron chi connectivity index (χ0n) is 13.9. The normalized spacial score (nSPS) is 20.4. The molecule has 0 aliphatic carbocycles. The minimum absolute atomic E-state index is 0.0902. The topological polar surface area (TPSA) is 60.6 Å². The fraction of sp³-hybridized carbons (Fsp3) is 0.529. The molecule has 1 aromatic carbocycles. The number of morpholine rings is 1. The molecule has 0 N–H and O–H groups in total. The van der Waals surface area contributed by atoms with Gasteiger partial charge in [-0.15, -0.1) is 10.2 Å². The molecule has 2 heterocycles. The molecule has 1 aromatic heterocycles. The van der Waals surface area contributed by atoms with Crippen molar-refractivity contribution >= 4 is 0 Å². The molecular weight excluding hydrogens is 294 g/mol. The highest BCUT2D eigenvalue weighted by molar-refractivity contribution is 5.53. The minimum Gasteiger partial charge on any atom is -0.497 e. The van der Waals surface area contributed by atoms with Crippen LogP contribution in [-0.2, 0) is 4.74 Å². The third-order valence-electron chi connectivity index (χ3n) is 4.31. The maximum Gasteiger partial charge on any atom is 0.247 e. The Kier molecular flexibility index (Phi) is 4.93. The van der Waals surface area contributed by atoms with Crippen molar-refractivity contribution in [2.75, 3.05) is 26.8 Å². The first-order valence-corrected chi connectivity index (χ1v) is 8.04. The summed E-state index contributed by atoms with van der Waals surface area (Å²) in [4.78, 5) is 2.34. The number of ether oxygens (including phenoxy) is 2. The average Bonchev–Trinajstić information content (AvgIpc) is 3.11. The fourth-order valence-electron chi connectivity index (χ4n) is 2.75. The van der Waals surface area contributed by atoms with Crippen molar-refractivity contribution in [3.63, 3.8) is 0 Å². The molecule has 124 valence electrons. The molecule has 2 aromatic rings. The number of methoxy groups -OCH3 is 1. The van der Waals surface area contributed by atoms with Gasteiger partial charge >= 0.3 is 0 Å². The maximum atomic E-state index is 5.88. The lowest BCUT2D eigenvalue weighted by Gasteiger charge is -2.35. The molecule has 6 heteroatoms. The van der Waals surface area contributed by atoms with Gasteiger partial charge in [0.15, 0.2) is 0 Å². The highest BCUT2D eigenvalue weighted by Crippen LogP contribution is 2.26. The summed E-state index contributed by atoms with van der Waals surface area (Å²) in [5, 5.41) is 8.41. The van der Waals surface area contributed by atoms with Crippen molar-refractivity contribution in [1.82, 2.24) is 15.1 Å². The number of rotatable bonds is 5. The third kappa shape index (κ3) is 3.54. The van der Waals surface area contributed by atoms with Crippen LogP contribution in [0.3, 0.4) is 0 Å². The first kappa shape index (κ1) is 16.0. The highest BCUT2D eigenvalue weighted by atomic mass is 16.5. The van der Waals surface area contributed by atoms with Crippen molar-refractivity contribution in [2.45, 2.75) is 32.4 Å². The molecule has 1 fully saturated rings. The van der Waals surface area contributed by atoms with E-state index in [9.17, 15) is 0 Å². The van der Waals surface area contributed by atoms with E-state index in [1.165, 1.54) is 0 Å². The first-order valence-electron chi connectivity index (χ1n) is 8.04. The summed E-state index contributed by atoms with van der Waals surface area (Å²) in [6.45, 7) is 6.79. The molecular formula is C17H23N3O3. The smallest absolute Gasteiger partial charge is 0.247 e. The molecule has 0 radical (unpaired) electrons. The van der Waals surface area contributed by atoms with Crippen LogP contribution in [0.1, 0.15) is 32.2 Å². The predicted molar refractivity (Wildman–Crippen MR) is 86.3 cm³/mol. The van der Waals surface area contributed by atoms with Crippen LogP contribution >= 0.6 is 0 Å². The van der Waals surface area contributed by atoms with Gasteiger partial charge in [-0.05, 0) is 37.6 Å². The Hall–Kier alpha value is -1.92. The summed E-state index contributed by atoms with van der Waals surface area (Å²) in [6.07, 6.45) is 1.31. The molecule has 0 bridgehead atoms. The first-order chi connectivity index (χ1) is 11.2. The largest absolute Gasteiger partial charge is 0.497 e. The van der Waals surface area contributed by atoms with E-state index in [0.717, 1.165) is 37.4 Å². The second kappa shape index (κ2) is 7.10. The third-order valence-corrected chi connectivity index (χ3v) is 4.31. The highest BCUT2D eigenvalue weighted by Gasteiger charge is 2.27. The Morgan fingerprint density at radius 1 is 1.30 bits per heavy atom. The molecule has 0 unspecified atom stereocenters. The molecule has 2 atom stereocenters. The van der Waals surface area contributed by atoms with E-state index in [0.29, 0.717) is 11.8 Å². The van der Waals surface area contributed by atoms with Crippen molar-refractivity contribution < 1.29 is 13.9 Å². The van der Waals surface area contributed by atoms with Crippen LogP contribution in [0.4, 0.5) is 0 Å². The van der Waals surface area contributed by atoms with E-state index in [1.807, 2.05) is 24.3 Å². The number of hydrogen-bond acceptors (Lipinski definition) is 6. The fourth-order valence-corrected chi connectivity index (χ4v) is 2.75. The second-order valence-electron chi connectivity index (χ2n) is 5.75. The molecule has 1 saturated heterocycles. The number of benzene rings is 1. The standard InChI is InChI=1S/C17H23N3O3/c1-4-14-11-20(9-10-22-14)12(2)16-18-19-17(23-16)13-5-7-15(21-3)8-6-13/h5-8,12,14H,4,9-11H2,1-3H3/t12-,14-/m1/s1. The summed E-state index contributed by atoms with van der Waals surface area (Å²) in [5.74, 6) is 1.99. The lowest BCUT2D eigenvalue weighted by molar-refractivity contribution is -0.0456. The van der Waals surface area contributed by atoms with Gasteiger partial charge in [-0.2, -0.15) is 0 Å². The predicted octanol–water partition coefficient (Wildman–Crippen LogP) is 2.92. The van der Waals surface area contributed by atoms with Gasteiger partial charge < -0.3 is 13.9 Å². The Morgan fingerprint density at radius 3 is 2.78 bits per heavy atom. The quantitative estimate of drug-likeness (QED) is 0.845. The van der Waals surface area contributed by atoms with E-state index in [4.69, 9.17) is 13.9 Å². The van der Waals surface area contributed by atoms with E-state index >= 15 is 0 Å². The summed E-state index contributed by atoms with van der Waals surface area (Å²) in [5.41, 5.74) is 0.894. The van der Waals surface area contributed by atoms with Gasteiger partial charge in [0.05, 0.1) is 25.9 Å². The van der Waals surface area contributed by atoms with Crippen LogP contribution in [0, 0.1) is 0 Å². The number of nitrogens with zero attached hydrogens (tertiary/aromatic N) is 3. The summed E-state index contributed by atoms with van der Waals surface area (Å²) in [7, 11) is 1.65. The van der Waals surface area contributed by atoms with Gasteiger partial charge in [-0.1, -0.05) is 6.92 Å². The Balaban J connectivity index is 1.72. The molecule has 0 saturated carbocycles. The Bertz CT molecular complexity index is 626. The molecule has 1 aliphatic rings. The zero-order chi connectivity index (χ0) is 16.2. The maximum absolute atomic E-state index is 5.88. The molecule has 0 amide bonds.